The van der Waals surface area contributed by atoms with Gasteiger partial charge in [0, 0.05) is 6.42 Å². The second kappa shape index (κ2) is 6.00. The van der Waals surface area contributed by atoms with Gasteiger partial charge in [0.2, 0.25) is 0 Å². The van der Waals surface area contributed by atoms with E-state index in [9.17, 15) is 0 Å². The Hall–Kier alpha value is -1.10. The molecular formula is C13H19NO3. The molecule has 4 heteroatoms. The SMILES string of the molecule is N[C@H](CO)c1ccc(OC2CCCCO2)cc1. The van der Waals surface area contributed by atoms with E-state index in [-0.39, 0.29) is 18.9 Å². The topological polar surface area (TPSA) is 64.7 Å². The summed E-state index contributed by atoms with van der Waals surface area (Å²) < 4.78 is 11.2. The van der Waals surface area contributed by atoms with Crippen LogP contribution in [-0.2, 0) is 4.74 Å². The maximum absolute atomic E-state index is 8.94. The fourth-order valence-corrected chi connectivity index (χ4v) is 1.85. The first-order valence-electron chi connectivity index (χ1n) is 6.04. The largest absolute Gasteiger partial charge is 0.465 e. The minimum absolute atomic E-state index is 0.0497. The van der Waals surface area contributed by atoms with Crippen molar-refractivity contribution in [2.45, 2.75) is 31.6 Å². The van der Waals surface area contributed by atoms with Crippen LogP contribution in [0, 0.1) is 0 Å². The number of rotatable bonds is 4. The van der Waals surface area contributed by atoms with E-state index in [1.54, 1.807) is 0 Å². The van der Waals surface area contributed by atoms with Gasteiger partial charge in [0.25, 0.3) is 0 Å². The molecular weight excluding hydrogens is 218 g/mol. The Morgan fingerprint density at radius 1 is 1.35 bits per heavy atom. The van der Waals surface area contributed by atoms with E-state index < -0.39 is 0 Å². The highest BCUT2D eigenvalue weighted by molar-refractivity contribution is 5.29. The average molecular weight is 237 g/mol. The molecule has 1 aliphatic heterocycles. The van der Waals surface area contributed by atoms with Crippen LogP contribution in [0.4, 0.5) is 0 Å². The van der Waals surface area contributed by atoms with E-state index in [4.69, 9.17) is 20.3 Å². The summed E-state index contributed by atoms with van der Waals surface area (Å²) in [6, 6.07) is 7.15. The zero-order valence-corrected chi connectivity index (χ0v) is 9.84. The Morgan fingerprint density at radius 2 is 2.12 bits per heavy atom. The van der Waals surface area contributed by atoms with Crippen LogP contribution in [0.15, 0.2) is 24.3 Å². The lowest BCUT2D eigenvalue weighted by Crippen LogP contribution is -2.25. The quantitative estimate of drug-likeness (QED) is 0.834. The van der Waals surface area contributed by atoms with Gasteiger partial charge in [-0.3, -0.25) is 0 Å². The smallest absolute Gasteiger partial charge is 0.199 e. The normalized spacial score (nSPS) is 22.1. The Balaban J connectivity index is 1.93. The van der Waals surface area contributed by atoms with Crippen molar-refractivity contribution in [2.24, 2.45) is 5.73 Å². The van der Waals surface area contributed by atoms with Gasteiger partial charge >= 0.3 is 0 Å². The molecule has 94 valence electrons. The van der Waals surface area contributed by atoms with E-state index in [0.29, 0.717) is 0 Å². The van der Waals surface area contributed by atoms with Crippen LogP contribution in [0.25, 0.3) is 0 Å². The molecule has 1 aliphatic rings. The molecule has 1 unspecified atom stereocenters. The third-order valence-electron chi connectivity index (χ3n) is 2.91. The fourth-order valence-electron chi connectivity index (χ4n) is 1.85. The number of hydrogen-bond acceptors (Lipinski definition) is 4. The third-order valence-corrected chi connectivity index (χ3v) is 2.91. The summed E-state index contributed by atoms with van der Waals surface area (Å²) in [5.41, 5.74) is 6.62. The van der Waals surface area contributed by atoms with E-state index in [1.165, 1.54) is 0 Å². The molecule has 0 spiro atoms. The first-order chi connectivity index (χ1) is 8.29. The molecule has 1 fully saturated rings. The van der Waals surface area contributed by atoms with Gasteiger partial charge in [-0.25, -0.2) is 0 Å². The van der Waals surface area contributed by atoms with Crippen molar-refractivity contribution in [1.82, 2.24) is 0 Å². The molecule has 0 saturated carbocycles. The third kappa shape index (κ3) is 3.43. The minimum Gasteiger partial charge on any atom is -0.465 e. The summed E-state index contributed by atoms with van der Waals surface area (Å²) in [5, 5.41) is 8.94. The molecule has 2 rings (SSSR count). The lowest BCUT2D eigenvalue weighted by Gasteiger charge is -2.23. The molecule has 2 atom stereocenters. The van der Waals surface area contributed by atoms with Crippen molar-refractivity contribution in [3.05, 3.63) is 29.8 Å². The van der Waals surface area contributed by atoms with Crippen molar-refractivity contribution >= 4 is 0 Å². The number of hydrogen-bond donors (Lipinski definition) is 2. The number of benzene rings is 1. The number of nitrogens with two attached hydrogens (primary N) is 1. The fraction of sp³-hybridized carbons (Fsp3) is 0.538. The highest BCUT2D eigenvalue weighted by atomic mass is 16.7. The molecule has 3 N–H and O–H groups in total. The van der Waals surface area contributed by atoms with E-state index in [2.05, 4.69) is 0 Å². The number of aliphatic hydroxyl groups excluding tert-OH is 1. The molecule has 0 amide bonds. The van der Waals surface area contributed by atoms with Gasteiger partial charge in [-0.2, -0.15) is 0 Å². The summed E-state index contributed by atoms with van der Waals surface area (Å²) in [6.07, 6.45) is 3.08. The van der Waals surface area contributed by atoms with E-state index in [1.807, 2.05) is 24.3 Å². The average Bonchev–Trinajstić information content (AvgIpc) is 2.40. The first-order valence-corrected chi connectivity index (χ1v) is 6.04. The van der Waals surface area contributed by atoms with E-state index in [0.717, 1.165) is 37.2 Å². The molecule has 1 heterocycles. The second-order valence-electron chi connectivity index (χ2n) is 4.27. The summed E-state index contributed by atoms with van der Waals surface area (Å²) in [7, 11) is 0. The second-order valence-corrected chi connectivity index (χ2v) is 4.27. The summed E-state index contributed by atoms with van der Waals surface area (Å²) in [4.78, 5) is 0. The number of ether oxygens (including phenoxy) is 2. The summed E-state index contributed by atoms with van der Waals surface area (Å²) >= 11 is 0. The van der Waals surface area contributed by atoms with Gasteiger partial charge < -0.3 is 20.3 Å². The molecule has 1 saturated heterocycles. The van der Waals surface area contributed by atoms with Crippen molar-refractivity contribution in [3.63, 3.8) is 0 Å². The molecule has 17 heavy (non-hydrogen) atoms. The maximum Gasteiger partial charge on any atom is 0.199 e. The van der Waals surface area contributed by atoms with Gasteiger partial charge in [-0.1, -0.05) is 12.1 Å². The van der Waals surface area contributed by atoms with Crippen LogP contribution in [0.5, 0.6) is 5.75 Å². The summed E-state index contributed by atoms with van der Waals surface area (Å²) in [6.45, 7) is 0.726. The van der Waals surface area contributed by atoms with Crippen molar-refractivity contribution in [1.29, 1.82) is 0 Å². The molecule has 0 aromatic heterocycles. The molecule has 0 bridgehead atoms. The molecule has 0 aliphatic carbocycles. The highest BCUT2D eigenvalue weighted by Gasteiger charge is 2.15. The van der Waals surface area contributed by atoms with E-state index >= 15 is 0 Å². The van der Waals surface area contributed by atoms with Crippen molar-refractivity contribution in [2.75, 3.05) is 13.2 Å². The molecule has 1 aromatic carbocycles. The highest BCUT2D eigenvalue weighted by Crippen LogP contribution is 2.21. The first kappa shape index (κ1) is 12.4. The molecule has 0 radical (unpaired) electrons. The Morgan fingerprint density at radius 3 is 2.71 bits per heavy atom. The zero-order chi connectivity index (χ0) is 12.1. The van der Waals surface area contributed by atoms with Crippen LogP contribution >= 0.6 is 0 Å². The van der Waals surface area contributed by atoms with Gasteiger partial charge in [0.05, 0.1) is 19.3 Å². The predicted octanol–water partition coefficient (Wildman–Crippen LogP) is 1.58. The lowest BCUT2D eigenvalue weighted by molar-refractivity contribution is -0.105. The van der Waals surface area contributed by atoms with Gasteiger partial charge in [0.15, 0.2) is 6.29 Å². The maximum atomic E-state index is 8.94. The molecule has 1 aromatic rings. The monoisotopic (exact) mass is 237 g/mol. The van der Waals surface area contributed by atoms with Crippen molar-refractivity contribution in [3.8, 4) is 5.75 Å². The number of aliphatic hydroxyl groups is 1. The van der Waals surface area contributed by atoms with Gasteiger partial charge in [-0.05, 0) is 30.5 Å². The minimum atomic E-state index is -0.324. The summed E-state index contributed by atoms with van der Waals surface area (Å²) in [5.74, 6) is 0.783. The van der Waals surface area contributed by atoms with Crippen LogP contribution < -0.4 is 10.5 Å². The van der Waals surface area contributed by atoms with Crippen LogP contribution in [0.3, 0.4) is 0 Å². The zero-order valence-electron chi connectivity index (χ0n) is 9.84. The van der Waals surface area contributed by atoms with Gasteiger partial charge in [-0.15, -0.1) is 0 Å². The molecule has 4 nitrogen and oxygen atoms in total. The van der Waals surface area contributed by atoms with Gasteiger partial charge in [0.1, 0.15) is 5.75 Å². The lowest BCUT2D eigenvalue weighted by atomic mass is 10.1. The van der Waals surface area contributed by atoms with Crippen LogP contribution in [0.1, 0.15) is 30.9 Å². The Labute approximate surface area is 101 Å². The van der Waals surface area contributed by atoms with Crippen LogP contribution in [-0.4, -0.2) is 24.6 Å². The van der Waals surface area contributed by atoms with Crippen LogP contribution in [0.2, 0.25) is 0 Å². The Kier molecular flexibility index (Phi) is 4.36. The Bertz CT molecular complexity index is 333. The standard InChI is InChI=1S/C13H19NO3/c14-12(9-15)10-4-6-11(7-5-10)17-13-3-1-2-8-16-13/h4-7,12-13,15H,1-3,8-9,14H2/t12-,13?/m1/s1. The van der Waals surface area contributed by atoms with Crippen molar-refractivity contribution < 1.29 is 14.6 Å². The predicted molar refractivity (Wildman–Crippen MR) is 64.7 cm³/mol.